The van der Waals surface area contributed by atoms with Crippen molar-refractivity contribution in [1.82, 2.24) is 4.72 Å². The van der Waals surface area contributed by atoms with Crippen molar-refractivity contribution in [1.29, 1.82) is 0 Å². The molecule has 6 nitrogen and oxygen atoms in total. The highest BCUT2D eigenvalue weighted by Gasteiger charge is 2.31. The third-order valence-electron chi connectivity index (χ3n) is 3.96. The standard InChI is InChI=1S/C13H21N3O3S/c1-9-5-6-16(13(9)8-17)12-4-3-10(7-11(12)14)20(18,19)15-2/h3-4,7,9,13,15,17H,5-6,8,14H2,1-2H3. The van der Waals surface area contributed by atoms with Crippen LogP contribution < -0.4 is 15.4 Å². The summed E-state index contributed by atoms with van der Waals surface area (Å²) in [7, 11) is -2.12. The molecule has 1 heterocycles. The number of nitrogens with one attached hydrogen (secondary N) is 1. The van der Waals surface area contributed by atoms with Crippen molar-refractivity contribution in [2.45, 2.75) is 24.3 Å². The van der Waals surface area contributed by atoms with Gasteiger partial charge in [0.15, 0.2) is 0 Å². The fourth-order valence-corrected chi connectivity index (χ4v) is 3.43. The number of rotatable bonds is 4. The minimum absolute atomic E-state index is 0.0315. The van der Waals surface area contributed by atoms with Crippen LogP contribution in [0.3, 0.4) is 0 Å². The fraction of sp³-hybridized carbons (Fsp3) is 0.538. The second-order valence-electron chi connectivity index (χ2n) is 5.14. The van der Waals surface area contributed by atoms with E-state index in [9.17, 15) is 13.5 Å². The van der Waals surface area contributed by atoms with Gasteiger partial charge in [0, 0.05) is 6.54 Å². The van der Waals surface area contributed by atoms with Crippen molar-refractivity contribution in [2.24, 2.45) is 5.92 Å². The van der Waals surface area contributed by atoms with Gasteiger partial charge < -0.3 is 15.7 Å². The van der Waals surface area contributed by atoms with Crippen LogP contribution in [0.15, 0.2) is 23.1 Å². The normalized spacial score (nSPS) is 23.2. The summed E-state index contributed by atoms with van der Waals surface area (Å²) in [6.45, 7) is 2.97. The van der Waals surface area contributed by atoms with Gasteiger partial charge in [-0.05, 0) is 37.6 Å². The van der Waals surface area contributed by atoms with Crippen LogP contribution in [0.2, 0.25) is 0 Å². The molecule has 2 atom stereocenters. The number of aliphatic hydroxyl groups is 1. The van der Waals surface area contributed by atoms with Crippen molar-refractivity contribution in [3.8, 4) is 0 Å². The van der Waals surface area contributed by atoms with Gasteiger partial charge in [-0.15, -0.1) is 0 Å². The zero-order valence-electron chi connectivity index (χ0n) is 11.7. The molecule has 2 unspecified atom stereocenters. The summed E-state index contributed by atoms with van der Waals surface area (Å²) in [6.07, 6.45) is 0.987. The van der Waals surface area contributed by atoms with Crippen LogP contribution in [0.4, 0.5) is 11.4 Å². The molecule has 2 rings (SSSR count). The molecule has 0 amide bonds. The number of anilines is 2. The molecule has 0 radical (unpaired) electrons. The molecule has 0 saturated carbocycles. The predicted octanol–water partition coefficient (Wildman–Crippen LogP) is 0.384. The second-order valence-corrected chi connectivity index (χ2v) is 7.02. The highest BCUT2D eigenvalue weighted by atomic mass is 32.2. The number of benzene rings is 1. The molecule has 1 saturated heterocycles. The highest BCUT2D eigenvalue weighted by molar-refractivity contribution is 7.89. The largest absolute Gasteiger partial charge is 0.397 e. The van der Waals surface area contributed by atoms with Gasteiger partial charge in [0.25, 0.3) is 0 Å². The van der Waals surface area contributed by atoms with Gasteiger partial charge >= 0.3 is 0 Å². The van der Waals surface area contributed by atoms with Crippen LogP contribution in [-0.4, -0.2) is 39.8 Å². The van der Waals surface area contributed by atoms with Gasteiger partial charge in [-0.1, -0.05) is 6.92 Å². The first-order valence-corrected chi connectivity index (χ1v) is 8.09. The van der Waals surface area contributed by atoms with E-state index in [-0.39, 0.29) is 17.5 Å². The minimum Gasteiger partial charge on any atom is -0.397 e. The first-order valence-electron chi connectivity index (χ1n) is 6.61. The third kappa shape index (κ3) is 2.61. The Labute approximate surface area is 119 Å². The molecular weight excluding hydrogens is 278 g/mol. The van der Waals surface area contributed by atoms with Gasteiger partial charge in [-0.2, -0.15) is 0 Å². The van der Waals surface area contributed by atoms with Crippen LogP contribution in [-0.2, 0) is 10.0 Å². The Morgan fingerprint density at radius 1 is 1.50 bits per heavy atom. The van der Waals surface area contributed by atoms with Gasteiger partial charge in [0.1, 0.15) is 0 Å². The molecule has 4 N–H and O–H groups in total. The molecule has 1 fully saturated rings. The minimum atomic E-state index is -3.49. The van der Waals surface area contributed by atoms with Crippen molar-refractivity contribution < 1.29 is 13.5 Å². The summed E-state index contributed by atoms with van der Waals surface area (Å²) in [5.41, 5.74) is 7.19. The summed E-state index contributed by atoms with van der Waals surface area (Å²) in [6, 6.07) is 4.73. The average molecular weight is 299 g/mol. The highest BCUT2D eigenvalue weighted by Crippen LogP contribution is 2.34. The maximum Gasteiger partial charge on any atom is 0.240 e. The second kappa shape index (κ2) is 5.59. The molecule has 20 heavy (non-hydrogen) atoms. The van der Waals surface area contributed by atoms with E-state index in [1.807, 2.05) is 0 Å². The van der Waals surface area contributed by atoms with E-state index in [1.54, 1.807) is 6.07 Å². The molecule has 1 aliphatic rings. The fourth-order valence-electron chi connectivity index (χ4n) is 2.66. The topological polar surface area (TPSA) is 95.7 Å². The van der Waals surface area contributed by atoms with E-state index in [0.717, 1.165) is 18.7 Å². The molecule has 1 aromatic rings. The maximum atomic E-state index is 11.7. The van der Waals surface area contributed by atoms with E-state index < -0.39 is 10.0 Å². The number of sulfonamides is 1. The SMILES string of the molecule is CNS(=O)(=O)c1ccc(N2CCC(C)C2CO)c(N)c1. The van der Waals surface area contributed by atoms with E-state index in [1.165, 1.54) is 19.2 Å². The number of hydrogen-bond acceptors (Lipinski definition) is 5. The number of nitrogens with zero attached hydrogens (tertiary/aromatic N) is 1. The third-order valence-corrected chi connectivity index (χ3v) is 5.37. The van der Waals surface area contributed by atoms with Crippen LogP contribution in [0.5, 0.6) is 0 Å². The Morgan fingerprint density at radius 3 is 2.75 bits per heavy atom. The van der Waals surface area contributed by atoms with E-state index >= 15 is 0 Å². The van der Waals surface area contributed by atoms with Crippen LogP contribution >= 0.6 is 0 Å². The van der Waals surface area contributed by atoms with Gasteiger partial charge in [-0.3, -0.25) is 0 Å². The van der Waals surface area contributed by atoms with E-state index in [2.05, 4.69) is 16.5 Å². The molecule has 7 heteroatoms. The quantitative estimate of drug-likeness (QED) is 0.699. The smallest absolute Gasteiger partial charge is 0.240 e. The monoisotopic (exact) mass is 299 g/mol. The molecular formula is C13H21N3O3S. The molecule has 0 aliphatic carbocycles. The summed E-state index contributed by atoms with van der Waals surface area (Å²) in [5.74, 6) is 0.389. The van der Waals surface area contributed by atoms with Crippen LogP contribution in [0, 0.1) is 5.92 Å². The lowest BCUT2D eigenvalue weighted by atomic mass is 10.0. The van der Waals surface area contributed by atoms with Gasteiger partial charge in [0.05, 0.1) is 28.9 Å². The van der Waals surface area contributed by atoms with Crippen molar-refractivity contribution in [3.05, 3.63) is 18.2 Å². The van der Waals surface area contributed by atoms with Gasteiger partial charge in [0.2, 0.25) is 10.0 Å². The lowest BCUT2D eigenvalue weighted by molar-refractivity contribution is 0.245. The summed E-state index contributed by atoms with van der Waals surface area (Å²) in [5, 5.41) is 9.49. The Hall–Kier alpha value is -1.31. The van der Waals surface area contributed by atoms with Crippen LogP contribution in [0.25, 0.3) is 0 Å². The predicted molar refractivity (Wildman–Crippen MR) is 79.1 cm³/mol. The Bertz CT molecular complexity index is 589. The molecule has 0 bridgehead atoms. The van der Waals surface area contributed by atoms with E-state index in [0.29, 0.717) is 11.6 Å². The zero-order valence-corrected chi connectivity index (χ0v) is 12.5. The number of nitrogen functional groups attached to an aromatic ring is 1. The maximum absolute atomic E-state index is 11.7. The molecule has 1 aliphatic heterocycles. The van der Waals surface area contributed by atoms with Crippen molar-refractivity contribution in [2.75, 3.05) is 30.8 Å². The van der Waals surface area contributed by atoms with Crippen molar-refractivity contribution in [3.63, 3.8) is 0 Å². The first-order chi connectivity index (χ1) is 9.40. The molecule has 112 valence electrons. The summed E-state index contributed by atoms with van der Waals surface area (Å²) < 4.78 is 25.7. The molecule has 1 aromatic carbocycles. The lowest BCUT2D eigenvalue weighted by Gasteiger charge is -2.28. The Kier molecular flexibility index (Phi) is 4.22. The lowest BCUT2D eigenvalue weighted by Crippen LogP contribution is -2.35. The number of hydrogen-bond donors (Lipinski definition) is 3. The number of aliphatic hydroxyl groups excluding tert-OH is 1. The average Bonchev–Trinajstić information content (AvgIpc) is 2.79. The molecule has 0 spiro atoms. The Morgan fingerprint density at radius 2 is 2.20 bits per heavy atom. The van der Waals surface area contributed by atoms with E-state index in [4.69, 9.17) is 5.73 Å². The number of nitrogens with two attached hydrogens (primary N) is 1. The first kappa shape index (κ1) is 15.1. The van der Waals surface area contributed by atoms with Gasteiger partial charge in [-0.25, -0.2) is 13.1 Å². The summed E-state index contributed by atoms with van der Waals surface area (Å²) >= 11 is 0. The molecule has 0 aromatic heterocycles. The van der Waals surface area contributed by atoms with Crippen LogP contribution in [0.1, 0.15) is 13.3 Å². The van der Waals surface area contributed by atoms with Crippen molar-refractivity contribution >= 4 is 21.4 Å². The zero-order chi connectivity index (χ0) is 14.9. The Balaban J connectivity index is 2.36. The summed E-state index contributed by atoms with van der Waals surface area (Å²) in [4.78, 5) is 2.20.